The molecule has 1 aliphatic heterocycles. The molecule has 1 aliphatic rings. The smallest absolute Gasteiger partial charge is 0.272 e. The van der Waals surface area contributed by atoms with Gasteiger partial charge in [0.25, 0.3) is 6.43 Å². The van der Waals surface area contributed by atoms with Crippen LogP contribution in [0.4, 0.5) is 8.78 Å². The van der Waals surface area contributed by atoms with Crippen LogP contribution in [-0.2, 0) is 19.6 Å². The first-order valence-corrected chi connectivity index (χ1v) is 7.27. The number of rotatable bonds is 5. The average molecular weight is 304 g/mol. The van der Waals surface area contributed by atoms with E-state index in [0.29, 0.717) is 0 Å². The quantitative estimate of drug-likeness (QED) is 0.844. The van der Waals surface area contributed by atoms with Crippen molar-refractivity contribution in [1.82, 2.24) is 9.88 Å². The van der Waals surface area contributed by atoms with Gasteiger partial charge in [0.1, 0.15) is 0 Å². The summed E-state index contributed by atoms with van der Waals surface area (Å²) in [5.41, 5.74) is 4.84. The van der Waals surface area contributed by atoms with Crippen molar-refractivity contribution in [1.29, 1.82) is 0 Å². The predicted molar refractivity (Wildman–Crippen MR) is 79.9 cm³/mol. The fourth-order valence-corrected chi connectivity index (χ4v) is 2.71. The highest BCUT2D eigenvalue weighted by Gasteiger charge is 2.19. The fraction of sp³-hybridized carbons (Fsp3) is 0.353. The van der Waals surface area contributed by atoms with Crippen LogP contribution in [0.1, 0.15) is 22.3 Å². The molecule has 0 unspecified atom stereocenters. The molecule has 1 aromatic carbocycles. The number of benzene rings is 1. The number of nitrogens with zero attached hydrogens (tertiary/aromatic N) is 2. The van der Waals surface area contributed by atoms with Gasteiger partial charge in [-0.3, -0.25) is 4.90 Å². The van der Waals surface area contributed by atoms with Crippen LogP contribution in [0.2, 0.25) is 0 Å². The molecule has 22 heavy (non-hydrogen) atoms. The predicted octanol–water partition coefficient (Wildman–Crippen LogP) is 3.55. The van der Waals surface area contributed by atoms with Crippen molar-refractivity contribution in [3.05, 3.63) is 58.8 Å². The Kier molecular flexibility index (Phi) is 4.34. The number of halogens is 2. The van der Waals surface area contributed by atoms with Crippen LogP contribution in [0.3, 0.4) is 0 Å². The van der Waals surface area contributed by atoms with Crippen molar-refractivity contribution in [2.75, 3.05) is 6.61 Å². The molecule has 1 aromatic heterocycles. The maximum Gasteiger partial charge on any atom is 0.272 e. The van der Waals surface area contributed by atoms with Gasteiger partial charge in [0.05, 0.1) is 0 Å². The third-order valence-electron chi connectivity index (χ3n) is 3.85. The number of hydrogen-bond donors (Lipinski definition) is 0. The molecule has 0 saturated heterocycles. The number of fused-ring (bicyclic) bond motifs is 1. The molecule has 5 heteroatoms. The summed E-state index contributed by atoms with van der Waals surface area (Å²) in [7, 11) is 0. The standard InChI is InChI=1S/C17H18F2N2O/c1-12-6-17(22-11-16(18)19)20-7-15(12)10-21-8-13-4-2-3-5-14(13)9-21/h2-7,16H,8-11H2,1H3. The fourth-order valence-electron chi connectivity index (χ4n) is 2.71. The Balaban J connectivity index is 1.64. The van der Waals surface area contributed by atoms with Crippen LogP contribution in [0.5, 0.6) is 5.88 Å². The first kappa shape index (κ1) is 14.9. The monoisotopic (exact) mass is 304 g/mol. The Bertz CT molecular complexity index is 636. The summed E-state index contributed by atoms with van der Waals surface area (Å²) < 4.78 is 29.2. The second-order valence-corrected chi connectivity index (χ2v) is 5.56. The van der Waals surface area contributed by atoms with E-state index in [1.165, 1.54) is 11.1 Å². The maximum absolute atomic E-state index is 12.1. The van der Waals surface area contributed by atoms with Crippen LogP contribution in [-0.4, -0.2) is 22.9 Å². The minimum absolute atomic E-state index is 0.256. The molecular weight excluding hydrogens is 286 g/mol. The molecule has 116 valence electrons. The number of ether oxygens (including phenoxy) is 1. The highest BCUT2D eigenvalue weighted by atomic mass is 19.3. The lowest BCUT2D eigenvalue weighted by atomic mass is 10.1. The minimum Gasteiger partial charge on any atom is -0.472 e. The van der Waals surface area contributed by atoms with Gasteiger partial charge in [-0.25, -0.2) is 13.8 Å². The van der Waals surface area contributed by atoms with E-state index in [4.69, 9.17) is 4.74 Å². The third kappa shape index (κ3) is 3.42. The zero-order valence-corrected chi connectivity index (χ0v) is 12.4. The number of hydrogen-bond acceptors (Lipinski definition) is 3. The Morgan fingerprint density at radius 3 is 2.50 bits per heavy atom. The van der Waals surface area contributed by atoms with Gasteiger partial charge in [-0.15, -0.1) is 0 Å². The lowest BCUT2D eigenvalue weighted by Crippen LogP contribution is -2.16. The summed E-state index contributed by atoms with van der Waals surface area (Å²) in [4.78, 5) is 6.46. The first-order valence-electron chi connectivity index (χ1n) is 7.27. The molecule has 0 radical (unpaired) electrons. The van der Waals surface area contributed by atoms with Crippen LogP contribution in [0, 0.1) is 6.92 Å². The molecule has 2 heterocycles. The van der Waals surface area contributed by atoms with Gasteiger partial charge in [0.2, 0.25) is 5.88 Å². The molecule has 0 atom stereocenters. The lowest BCUT2D eigenvalue weighted by molar-refractivity contribution is 0.0795. The van der Waals surface area contributed by atoms with Crippen molar-refractivity contribution >= 4 is 0 Å². The van der Waals surface area contributed by atoms with E-state index in [9.17, 15) is 8.78 Å². The number of aromatic nitrogens is 1. The van der Waals surface area contributed by atoms with Gasteiger partial charge in [-0.2, -0.15) is 0 Å². The van der Waals surface area contributed by atoms with E-state index >= 15 is 0 Å². The first-order chi connectivity index (χ1) is 10.6. The second-order valence-electron chi connectivity index (χ2n) is 5.56. The minimum atomic E-state index is -2.48. The Labute approximate surface area is 128 Å². The van der Waals surface area contributed by atoms with Gasteiger partial charge in [0.15, 0.2) is 6.61 Å². The van der Waals surface area contributed by atoms with Crippen molar-refractivity contribution in [3.8, 4) is 5.88 Å². The zero-order chi connectivity index (χ0) is 15.5. The topological polar surface area (TPSA) is 25.4 Å². The second kappa shape index (κ2) is 6.40. The van der Waals surface area contributed by atoms with Crippen LogP contribution < -0.4 is 4.74 Å². The molecule has 0 N–H and O–H groups in total. The molecule has 0 bridgehead atoms. The van der Waals surface area contributed by atoms with E-state index < -0.39 is 13.0 Å². The van der Waals surface area contributed by atoms with Gasteiger partial charge < -0.3 is 4.74 Å². The number of aryl methyl sites for hydroxylation is 1. The highest BCUT2D eigenvalue weighted by Crippen LogP contribution is 2.25. The molecule has 0 saturated carbocycles. The van der Waals surface area contributed by atoms with E-state index in [-0.39, 0.29) is 5.88 Å². The molecule has 3 rings (SSSR count). The lowest BCUT2D eigenvalue weighted by Gasteiger charge is -2.16. The maximum atomic E-state index is 12.1. The molecule has 0 fully saturated rings. The summed E-state index contributed by atoms with van der Waals surface area (Å²) in [6.07, 6.45) is -0.760. The van der Waals surface area contributed by atoms with Gasteiger partial charge >= 0.3 is 0 Å². The molecule has 0 aliphatic carbocycles. The molecule has 0 amide bonds. The zero-order valence-electron chi connectivity index (χ0n) is 12.4. The SMILES string of the molecule is Cc1cc(OCC(F)F)ncc1CN1Cc2ccccc2C1. The normalized spacial score (nSPS) is 14.4. The van der Waals surface area contributed by atoms with Gasteiger partial charge in [-0.05, 0) is 29.2 Å². The largest absolute Gasteiger partial charge is 0.472 e. The van der Waals surface area contributed by atoms with Crippen molar-refractivity contribution in [3.63, 3.8) is 0 Å². The van der Waals surface area contributed by atoms with E-state index in [1.54, 1.807) is 12.3 Å². The van der Waals surface area contributed by atoms with Gasteiger partial charge in [-0.1, -0.05) is 24.3 Å². The Hall–Kier alpha value is -2.01. The summed E-state index contributed by atoms with van der Waals surface area (Å²) in [5.74, 6) is 0.256. The van der Waals surface area contributed by atoms with Crippen molar-refractivity contribution in [2.24, 2.45) is 0 Å². The summed E-state index contributed by atoms with van der Waals surface area (Å²) in [5, 5.41) is 0. The van der Waals surface area contributed by atoms with E-state index in [2.05, 4.69) is 34.1 Å². The van der Waals surface area contributed by atoms with E-state index in [0.717, 1.165) is 30.8 Å². The summed E-state index contributed by atoms with van der Waals surface area (Å²) in [6, 6.07) is 10.2. The Morgan fingerprint density at radius 1 is 1.23 bits per heavy atom. The Morgan fingerprint density at radius 2 is 1.91 bits per heavy atom. The third-order valence-corrected chi connectivity index (χ3v) is 3.85. The van der Waals surface area contributed by atoms with Crippen LogP contribution in [0.15, 0.2) is 36.5 Å². The summed E-state index contributed by atoms with van der Waals surface area (Å²) >= 11 is 0. The van der Waals surface area contributed by atoms with Crippen molar-refractivity contribution in [2.45, 2.75) is 33.0 Å². The summed E-state index contributed by atoms with van der Waals surface area (Å²) in [6.45, 7) is 3.99. The molecule has 2 aromatic rings. The molecular formula is C17H18F2N2O. The molecule has 3 nitrogen and oxygen atoms in total. The number of alkyl halides is 2. The van der Waals surface area contributed by atoms with Crippen LogP contribution in [0.25, 0.3) is 0 Å². The van der Waals surface area contributed by atoms with E-state index in [1.807, 2.05) is 6.92 Å². The van der Waals surface area contributed by atoms with Crippen LogP contribution >= 0.6 is 0 Å². The average Bonchev–Trinajstić information content (AvgIpc) is 2.90. The highest BCUT2D eigenvalue weighted by molar-refractivity contribution is 5.32. The van der Waals surface area contributed by atoms with Gasteiger partial charge in [0, 0.05) is 31.9 Å². The molecule has 0 spiro atoms. The number of pyridine rings is 1. The van der Waals surface area contributed by atoms with Crippen molar-refractivity contribution < 1.29 is 13.5 Å².